The van der Waals surface area contributed by atoms with Crippen molar-refractivity contribution in [2.45, 2.75) is 59.5 Å². The lowest BCUT2D eigenvalue weighted by atomic mass is 9.88. The Labute approximate surface area is 115 Å². The minimum atomic E-state index is -0.912. The van der Waals surface area contributed by atoms with Gasteiger partial charge in [0, 0.05) is 12.6 Å². The minimum absolute atomic E-state index is 0.00575. The molecule has 1 aliphatic heterocycles. The van der Waals surface area contributed by atoms with E-state index in [-0.39, 0.29) is 17.5 Å². The number of urea groups is 1. The zero-order valence-electron chi connectivity index (χ0n) is 12.6. The molecule has 1 saturated heterocycles. The molecule has 1 fully saturated rings. The van der Waals surface area contributed by atoms with Gasteiger partial charge in [-0.1, -0.05) is 27.7 Å². The lowest BCUT2D eigenvalue weighted by Gasteiger charge is -2.38. The highest BCUT2D eigenvalue weighted by Gasteiger charge is 2.35. The summed E-state index contributed by atoms with van der Waals surface area (Å²) in [5.74, 6) is -0.560. The first-order chi connectivity index (χ1) is 8.62. The van der Waals surface area contributed by atoms with Crippen molar-refractivity contribution in [3.8, 4) is 0 Å². The highest BCUT2D eigenvalue weighted by Crippen LogP contribution is 2.24. The Morgan fingerprint density at radius 2 is 1.95 bits per heavy atom. The van der Waals surface area contributed by atoms with Crippen LogP contribution in [0, 0.1) is 11.3 Å². The molecule has 19 heavy (non-hydrogen) atoms. The van der Waals surface area contributed by atoms with Crippen LogP contribution < -0.4 is 5.32 Å². The summed E-state index contributed by atoms with van der Waals surface area (Å²) >= 11 is 0. The standard InChI is InChI=1S/C14H26N2O3/c1-9-6-7-16(11(8-9)12(17)18)13(19)15-10(2)14(3,4)5/h9-11H,6-8H2,1-5H3,(H,15,19)(H,17,18). The van der Waals surface area contributed by atoms with Gasteiger partial charge in [0.1, 0.15) is 6.04 Å². The molecule has 0 aromatic heterocycles. The van der Waals surface area contributed by atoms with Crippen molar-refractivity contribution >= 4 is 12.0 Å². The number of carboxylic acid groups (broad SMARTS) is 1. The molecule has 1 heterocycles. The van der Waals surface area contributed by atoms with Gasteiger partial charge in [-0.15, -0.1) is 0 Å². The van der Waals surface area contributed by atoms with Crippen LogP contribution in [-0.4, -0.2) is 40.6 Å². The number of hydrogen-bond acceptors (Lipinski definition) is 2. The third-order valence-corrected chi connectivity index (χ3v) is 4.05. The van der Waals surface area contributed by atoms with Gasteiger partial charge in [-0.2, -0.15) is 0 Å². The summed E-state index contributed by atoms with van der Waals surface area (Å²) in [6, 6.07) is -0.966. The highest BCUT2D eigenvalue weighted by atomic mass is 16.4. The Bertz CT molecular complexity index is 349. The van der Waals surface area contributed by atoms with Gasteiger partial charge in [-0.3, -0.25) is 0 Å². The average Bonchev–Trinajstić information content (AvgIpc) is 2.27. The molecule has 110 valence electrons. The summed E-state index contributed by atoms with van der Waals surface area (Å²) in [5.41, 5.74) is -0.0442. The molecule has 1 aliphatic rings. The maximum absolute atomic E-state index is 12.2. The number of likely N-dealkylation sites (tertiary alicyclic amines) is 1. The monoisotopic (exact) mass is 270 g/mol. The number of carbonyl (C=O) groups is 2. The average molecular weight is 270 g/mol. The van der Waals surface area contributed by atoms with Crippen molar-refractivity contribution in [2.24, 2.45) is 11.3 Å². The fraction of sp³-hybridized carbons (Fsp3) is 0.857. The van der Waals surface area contributed by atoms with E-state index in [9.17, 15) is 14.7 Å². The second-order valence-electron chi connectivity index (χ2n) is 6.71. The number of carboxylic acids is 1. The molecule has 5 heteroatoms. The van der Waals surface area contributed by atoms with Crippen molar-refractivity contribution in [1.29, 1.82) is 0 Å². The first-order valence-electron chi connectivity index (χ1n) is 6.93. The number of amides is 2. The molecule has 2 amide bonds. The Morgan fingerprint density at radius 3 is 2.42 bits per heavy atom. The maximum atomic E-state index is 12.2. The molecular formula is C14H26N2O3. The fourth-order valence-corrected chi connectivity index (χ4v) is 2.10. The first-order valence-corrected chi connectivity index (χ1v) is 6.93. The lowest BCUT2D eigenvalue weighted by Crippen LogP contribution is -2.56. The molecule has 0 aliphatic carbocycles. The Hall–Kier alpha value is -1.26. The molecule has 0 aromatic rings. The number of nitrogens with zero attached hydrogens (tertiary/aromatic N) is 1. The van der Waals surface area contributed by atoms with Crippen molar-refractivity contribution in [3.05, 3.63) is 0 Å². The predicted octanol–water partition coefficient (Wildman–Crippen LogP) is 2.32. The van der Waals surface area contributed by atoms with Crippen LogP contribution in [0.2, 0.25) is 0 Å². The third-order valence-electron chi connectivity index (χ3n) is 4.05. The van der Waals surface area contributed by atoms with Gasteiger partial charge in [0.25, 0.3) is 0 Å². The number of hydrogen-bond donors (Lipinski definition) is 2. The molecule has 0 spiro atoms. The van der Waals surface area contributed by atoms with Crippen LogP contribution in [0.25, 0.3) is 0 Å². The van der Waals surface area contributed by atoms with E-state index in [0.717, 1.165) is 6.42 Å². The van der Waals surface area contributed by atoms with Gasteiger partial charge in [-0.25, -0.2) is 9.59 Å². The van der Waals surface area contributed by atoms with Crippen LogP contribution in [-0.2, 0) is 4.79 Å². The minimum Gasteiger partial charge on any atom is -0.480 e. The van der Waals surface area contributed by atoms with Crippen LogP contribution in [0.1, 0.15) is 47.5 Å². The van der Waals surface area contributed by atoms with E-state index in [1.54, 1.807) is 0 Å². The third kappa shape index (κ3) is 4.11. The number of aliphatic carboxylic acids is 1. The Balaban J connectivity index is 2.71. The summed E-state index contributed by atoms with van der Waals surface area (Å²) < 4.78 is 0. The molecule has 0 aromatic carbocycles. The summed E-state index contributed by atoms with van der Waals surface area (Å²) in [4.78, 5) is 25.0. The molecule has 3 unspecified atom stereocenters. The Kier molecular flexibility index (Phi) is 4.82. The first kappa shape index (κ1) is 15.8. The number of piperidine rings is 1. The van der Waals surface area contributed by atoms with Gasteiger partial charge in [0.05, 0.1) is 0 Å². The highest BCUT2D eigenvalue weighted by molar-refractivity contribution is 5.83. The van der Waals surface area contributed by atoms with Crippen molar-refractivity contribution < 1.29 is 14.7 Å². The van der Waals surface area contributed by atoms with Crippen LogP contribution in [0.4, 0.5) is 4.79 Å². The van der Waals surface area contributed by atoms with Gasteiger partial charge >= 0.3 is 12.0 Å². The van der Waals surface area contributed by atoms with Gasteiger partial charge < -0.3 is 15.3 Å². The molecular weight excluding hydrogens is 244 g/mol. The molecule has 1 rings (SSSR count). The fourth-order valence-electron chi connectivity index (χ4n) is 2.10. The van der Waals surface area contributed by atoms with E-state index >= 15 is 0 Å². The van der Waals surface area contributed by atoms with Crippen LogP contribution >= 0.6 is 0 Å². The number of carbonyl (C=O) groups excluding carboxylic acids is 1. The van der Waals surface area contributed by atoms with Crippen molar-refractivity contribution in [1.82, 2.24) is 10.2 Å². The summed E-state index contributed by atoms with van der Waals surface area (Å²) in [6.45, 7) is 10.6. The predicted molar refractivity (Wildman–Crippen MR) is 74.0 cm³/mol. The zero-order chi connectivity index (χ0) is 14.8. The zero-order valence-corrected chi connectivity index (χ0v) is 12.6. The molecule has 3 atom stereocenters. The smallest absolute Gasteiger partial charge is 0.326 e. The molecule has 0 bridgehead atoms. The van der Waals surface area contributed by atoms with Crippen LogP contribution in [0.3, 0.4) is 0 Å². The second-order valence-corrected chi connectivity index (χ2v) is 6.71. The van der Waals surface area contributed by atoms with Gasteiger partial charge in [0.15, 0.2) is 0 Å². The van der Waals surface area contributed by atoms with Gasteiger partial charge in [0.2, 0.25) is 0 Å². The van der Waals surface area contributed by atoms with Crippen LogP contribution in [0.15, 0.2) is 0 Å². The van der Waals surface area contributed by atoms with E-state index in [1.165, 1.54) is 4.90 Å². The Morgan fingerprint density at radius 1 is 1.37 bits per heavy atom. The van der Waals surface area contributed by atoms with E-state index in [4.69, 9.17) is 0 Å². The molecule has 0 radical (unpaired) electrons. The van der Waals surface area contributed by atoms with E-state index in [1.807, 2.05) is 34.6 Å². The normalized spacial score (nSPS) is 25.8. The number of rotatable bonds is 2. The summed E-state index contributed by atoms with van der Waals surface area (Å²) in [5, 5.41) is 12.2. The second kappa shape index (κ2) is 5.80. The van der Waals surface area contributed by atoms with E-state index < -0.39 is 12.0 Å². The van der Waals surface area contributed by atoms with E-state index in [2.05, 4.69) is 5.32 Å². The quantitative estimate of drug-likeness (QED) is 0.809. The van der Waals surface area contributed by atoms with Crippen molar-refractivity contribution in [2.75, 3.05) is 6.54 Å². The topological polar surface area (TPSA) is 69.6 Å². The SMILES string of the molecule is CC1CCN(C(=O)NC(C)C(C)(C)C)C(C(=O)O)C1. The maximum Gasteiger partial charge on any atom is 0.326 e. The molecule has 2 N–H and O–H groups in total. The summed E-state index contributed by atoms with van der Waals surface area (Å²) in [7, 11) is 0. The number of nitrogens with one attached hydrogen (secondary N) is 1. The molecule has 0 saturated carbocycles. The molecule has 5 nitrogen and oxygen atoms in total. The van der Waals surface area contributed by atoms with Crippen LogP contribution in [0.5, 0.6) is 0 Å². The summed E-state index contributed by atoms with van der Waals surface area (Å²) in [6.07, 6.45) is 1.40. The lowest BCUT2D eigenvalue weighted by molar-refractivity contribution is -0.143. The largest absolute Gasteiger partial charge is 0.480 e. The van der Waals surface area contributed by atoms with Crippen molar-refractivity contribution in [3.63, 3.8) is 0 Å². The van der Waals surface area contributed by atoms with Gasteiger partial charge in [-0.05, 0) is 31.1 Å². The van der Waals surface area contributed by atoms with E-state index in [0.29, 0.717) is 18.9 Å².